The number of para-hydroxylation sites is 1. The first-order valence-corrected chi connectivity index (χ1v) is 7.10. The third-order valence-electron chi connectivity index (χ3n) is 3.29. The molecule has 0 radical (unpaired) electrons. The Morgan fingerprint density at radius 3 is 2.33 bits per heavy atom. The van der Waals surface area contributed by atoms with Crippen LogP contribution in [0.15, 0.2) is 54.6 Å². The number of amides is 1. The minimum atomic E-state index is -0.0559. The molecule has 0 fully saturated rings. The maximum absolute atomic E-state index is 12.0. The number of benzene rings is 2. The van der Waals surface area contributed by atoms with Crippen LogP contribution < -0.4 is 5.32 Å². The fourth-order valence-corrected chi connectivity index (χ4v) is 2.21. The van der Waals surface area contributed by atoms with Gasteiger partial charge in [-0.15, -0.1) is 0 Å². The first-order valence-electron chi connectivity index (χ1n) is 7.10. The summed E-state index contributed by atoms with van der Waals surface area (Å²) < 4.78 is 0. The molecule has 0 aromatic heterocycles. The Bertz CT molecular complexity index is 620. The van der Waals surface area contributed by atoms with Crippen molar-refractivity contribution in [2.24, 2.45) is 0 Å². The van der Waals surface area contributed by atoms with Crippen LogP contribution in [0.2, 0.25) is 0 Å². The van der Waals surface area contributed by atoms with Crippen molar-refractivity contribution in [1.82, 2.24) is 0 Å². The average molecular weight is 281 g/mol. The van der Waals surface area contributed by atoms with E-state index in [0.717, 1.165) is 12.8 Å². The van der Waals surface area contributed by atoms with E-state index >= 15 is 0 Å². The molecule has 3 nitrogen and oxygen atoms in total. The van der Waals surface area contributed by atoms with Crippen LogP contribution in [0.1, 0.15) is 35.7 Å². The summed E-state index contributed by atoms with van der Waals surface area (Å²) in [7, 11) is 0. The van der Waals surface area contributed by atoms with Gasteiger partial charge in [0.2, 0.25) is 5.91 Å². The molecule has 0 unspecified atom stereocenters. The SMILES string of the molecule is CC(=O)c1ccccc1NC(=O)CCCc1ccccc1. The number of hydrogen-bond acceptors (Lipinski definition) is 2. The zero-order chi connectivity index (χ0) is 15.1. The molecule has 2 aromatic carbocycles. The lowest BCUT2D eigenvalue weighted by molar-refractivity contribution is -0.116. The Labute approximate surface area is 125 Å². The molecule has 0 saturated carbocycles. The van der Waals surface area contributed by atoms with E-state index in [1.807, 2.05) is 24.3 Å². The molecule has 0 aliphatic carbocycles. The number of Topliss-reactive ketones (excluding diaryl/α,β-unsaturated/α-hetero) is 1. The van der Waals surface area contributed by atoms with Gasteiger partial charge < -0.3 is 5.32 Å². The molecule has 21 heavy (non-hydrogen) atoms. The second-order valence-electron chi connectivity index (χ2n) is 4.99. The highest BCUT2D eigenvalue weighted by atomic mass is 16.1. The van der Waals surface area contributed by atoms with Crippen LogP contribution in [0.3, 0.4) is 0 Å². The number of rotatable bonds is 6. The van der Waals surface area contributed by atoms with Gasteiger partial charge in [0.05, 0.1) is 5.69 Å². The molecule has 0 atom stereocenters. The molecule has 3 heteroatoms. The highest BCUT2D eigenvalue weighted by Crippen LogP contribution is 2.16. The molecule has 108 valence electrons. The fourth-order valence-electron chi connectivity index (χ4n) is 2.21. The largest absolute Gasteiger partial charge is 0.325 e. The van der Waals surface area contributed by atoms with E-state index < -0.39 is 0 Å². The van der Waals surface area contributed by atoms with Gasteiger partial charge in [-0.1, -0.05) is 42.5 Å². The van der Waals surface area contributed by atoms with Crippen LogP contribution in [0.25, 0.3) is 0 Å². The zero-order valence-corrected chi connectivity index (χ0v) is 12.1. The van der Waals surface area contributed by atoms with Gasteiger partial charge in [0.15, 0.2) is 5.78 Å². The van der Waals surface area contributed by atoms with Crippen LogP contribution in [0, 0.1) is 0 Å². The van der Waals surface area contributed by atoms with Crippen molar-refractivity contribution in [3.05, 3.63) is 65.7 Å². The maximum Gasteiger partial charge on any atom is 0.224 e. The van der Waals surface area contributed by atoms with E-state index in [-0.39, 0.29) is 11.7 Å². The summed E-state index contributed by atoms with van der Waals surface area (Å²) in [6, 6.07) is 17.2. The van der Waals surface area contributed by atoms with Crippen molar-refractivity contribution >= 4 is 17.4 Å². The number of aryl methyl sites for hydroxylation is 1. The summed E-state index contributed by atoms with van der Waals surface area (Å²) in [5.74, 6) is -0.102. The van der Waals surface area contributed by atoms with Crippen LogP contribution in [-0.4, -0.2) is 11.7 Å². The van der Waals surface area contributed by atoms with E-state index in [2.05, 4.69) is 17.4 Å². The Morgan fingerprint density at radius 2 is 1.62 bits per heavy atom. The van der Waals surface area contributed by atoms with Crippen molar-refractivity contribution in [2.45, 2.75) is 26.2 Å². The van der Waals surface area contributed by atoms with Crippen molar-refractivity contribution in [3.63, 3.8) is 0 Å². The van der Waals surface area contributed by atoms with Gasteiger partial charge in [0.25, 0.3) is 0 Å². The van der Waals surface area contributed by atoms with E-state index in [4.69, 9.17) is 0 Å². The number of carbonyl (C=O) groups excluding carboxylic acids is 2. The second-order valence-corrected chi connectivity index (χ2v) is 4.99. The molecule has 2 rings (SSSR count). The van der Waals surface area contributed by atoms with E-state index in [0.29, 0.717) is 17.7 Å². The molecule has 0 heterocycles. The third kappa shape index (κ3) is 4.56. The van der Waals surface area contributed by atoms with Crippen LogP contribution in [0.5, 0.6) is 0 Å². The first-order chi connectivity index (χ1) is 10.2. The number of ketones is 1. The van der Waals surface area contributed by atoms with Gasteiger partial charge in [-0.3, -0.25) is 9.59 Å². The highest BCUT2D eigenvalue weighted by Gasteiger charge is 2.09. The van der Waals surface area contributed by atoms with Gasteiger partial charge >= 0.3 is 0 Å². The van der Waals surface area contributed by atoms with Gasteiger partial charge in [0, 0.05) is 12.0 Å². The molecular weight excluding hydrogens is 262 g/mol. The summed E-state index contributed by atoms with van der Waals surface area (Å²) in [4.78, 5) is 23.5. The summed E-state index contributed by atoms with van der Waals surface area (Å²) in [6.45, 7) is 1.50. The number of nitrogens with one attached hydrogen (secondary N) is 1. The average Bonchev–Trinajstić information content (AvgIpc) is 2.48. The predicted molar refractivity (Wildman–Crippen MR) is 84.5 cm³/mol. The molecule has 0 aliphatic heterocycles. The van der Waals surface area contributed by atoms with E-state index in [9.17, 15) is 9.59 Å². The topological polar surface area (TPSA) is 46.2 Å². The van der Waals surface area contributed by atoms with Gasteiger partial charge in [0.1, 0.15) is 0 Å². The van der Waals surface area contributed by atoms with Crippen LogP contribution in [-0.2, 0) is 11.2 Å². The van der Waals surface area contributed by atoms with Crippen LogP contribution in [0.4, 0.5) is 5.69 Å². The molecule has 1 amide bonds. The Morgan fingerprint density at radius 1 is 0.952 bits per heavy atom. The fraction of sp³-hybridized carbons (Fsp3) is 0.222. The van der Waals surface area contributed by atoms with Crippen molar-refractivity contribution in [1.29, 1.82) is 0 Å². The quantitative estimate of drug-likeness (QED) is 0.817. The predicted octanol–water partition coefficient (Wildman–Crippen LogP) is 3.85. The molecule has 0 spiro atoms. The lowest BCUT2D eigenvalue weighted by Crippen LogP contribution is -2.14. The zero-order valence-electron chi connectivity index (χ0n) is 12.1. The molecular formula is C18H19NO2. The minimum absolute atomic E-state index is 0.0461. The monoisotopic (exact) mass is 281 g/mol. The number of carbonyl (C=O) groups is 2. The van der Waals surface area contributed by atoms with Crippen molar-refractivity contribution < 1.29 is 9.59 Å². The normalized spacial score (nSPS) is 10.1. The molecule has 0 aliphatic rings. The summed E-state index contributed by atoms with van der Waals surface area (Å²) >= 11 is 0. The Balaban J connectivity index is 1.86. The first kappa shape index (κ1) is 15.0. The van der Waals surface area contributed by atoms with E-state index in [1.54, 1.807) is 18.2 Å². The van der Waals surface area contributed by atoms with Gasteiger partial charge in [-0.25, -0.2) is 0 Å². The minimum Gasteiger partial charge on any atom is -0.325 e. The maximum atomic E-state index is 12.0. The van der Waals surface area contributed by atoms with E-state index in [1.165, 1.54) is 12.5 Å². The standard InChI is InChI=1S/C18H19NO2/c1-14(20)16-11-5-6-12-17(16)19-18(21)13-7-10-15-8-3-2-4-9-15/h2-6,8-9,11-12H,7,10,13H2,1H3,(H,19,21). The van der Waals surface area contributed by atoms with Gasteiger partial charge in [-0.2, -0.15) is 0 Å². The molecule has 1 N–H and O–H groups in total. The number of anilines is 1. The molecule has 2 aromatic rings. The smallest absolute Gasteiger partial charge is 0.224 e. The summed E-state index contributed by atoms with van der Waals surface area (Å²) in [5, 5.41) is 2.82. The second kappa shape index (κ2) is 7.39. The summed E-state index contributed by atoms with van der Waals surface area (Å²) in [5.41, 5.74) is 2.37. The van der Waals surface area contributed by atoms with Gasteiger partial charge in [-0.05, 0) is 37.5 Å². The van der Waals surface area contributed by atoms with Crippen LogP contribution >= 0.6 is 0 Å². The lowest BCUT2D eigenvalue weighted by atomic mass is 10.1. The Kier molecular flexibility index (Phi) is 5.27. The number of hydrogen-bond donors (Lipinski definition) is 1. The Hall–Kier alpha value is -2.42. The third-order valence-corrected chi connectivity index (χ3v) is 3.29. The van der Waals surface area contributed by atoms with Crippen molar-refractivity contribution in [3.8, 4) is 0 Å². The molecule has 0 saturated heterocycles. The molecule has 0 bridgehead atoms. The van der Waals surface area contributed by atoms with Crippen molar-refractivity contribution in [2.75, 3.05) is 5.32 Å². The lowest BCUT2D eigenvalue weighted by Gasteiger charge is -2.09. The highest BCUT2D eigenvalue weighted by molar-refractivity contribution is 6.03. The summed E-state index contributed by atoms with van der Waals surface area (Å²) in [6.07, 6.45) is 2.11.